The summed E-state index contributed by atoms with van der Waals surface area (Å²) in [5.41, 5.74) is 8.76. The van der Waals surface area contributed by atoms with E-state index in [1.807, 2.05) is 54.6 Å². The fourth-order valence-corrected chi connectivity index (χ4v) is 3.61. The summed E-state index contributed by atoms with van der Waals surface area (Å²) < 4.78 is 0. The average molecular weight is 513 g/mol. The van der Waals surface area contributed by atoms with E-state index in [-0.39, 0.29) is 27.6 Å². The molecule has 2 N–H and O–H groups in total. The summed E-state index contributed by atoms with van der Waals surface area (Å²) in [5.74, 6) is 0.0795. The van der Waals surface area contributed by atoms with Gasteiger partial charge in [-0.05, 0) is 43.7 Å². The molecule has 3 aromatic rings. The van der Waals surface area contributed by atoms with E-state index in [4.69, 9.17) is 22.3 Å². The minimum absolute atomic E-state index is 0. The molecular formula is C21H21Br2ClN2O. The van der Waals surface area contributed by atoms with Gasteiger partial charge >= 0.3 is 0 Å². The number of aromatic nitrogens is 1. The van der Waals surface area contributed by atoms with Crippen LogP contribution < -0.4 is 5.73 Å². The van der Waals surface area contributed by atoms with Gasteiger partial charge in [0.15, 0.2) is 5.78 Å². The number of alkyl halides is 1. The number of ketones is 1. The molecule has 27 heavy (non-hydrogen) atoms. The normalized spacial score (nSPS) is 11.8. The number of fused-ring (bicyclic) bond motifs is 1. The van der Waals surface area contributed by atoms with E-state index in [1.165, 1.54) is 0 Å². The summed E-state index contributed by atoms with van der Waals surface area (Å²) >= 11 is 9.55. The van der Waals surface area contributed by atoms with Gasteiger partial charge in [0.25, 0.3) is 0 Å². The summed E-state index contributed by atoms with van der Waals surface area (Å²) in [6, 6.07) is 17.1. The third-order valence-corrected chi connectivity index (χ3v) is 5.44. The molecule has 1 heterocycles. The summed E-state index contributed by atoms with van der Waals surface area (Å²) in [7, 11) is 0. The molecular weight excluding hydrogens is 492 g/mol. The molecule has 0 saturated heterocycles. The van der Waals surface area contributed by atoms with Crippen LogP contribution in [0.25, 0.3) is 22.2 Å². The first-order valence-electron chi connectivity index (χ1n) is 8.64. The molecule has 0 radical (unpaired) electrons. The molecule has 0 aliphatic carbocycles. The Kier molecular flexibility index (Phi) is 8.42. The number of hydrogen-bond acceptors (Lipinski definition) is 3. The second-order valence-corrected chi connectivity index (χ2v) is 7.74. The molecule has 0 bridgehead atoms. The predicted octanol–water partition coefficient (Wildman–Crippen LogP) is 6.21. The highest BCUT2D eigenvalue weighted by molar-refractivity contribution is 9.10. The van der Waals surface area contributed by atoms with E-state index in [9.17, 15) is 4.79 Å². The van der Waals surface area contributed by atoms with Crippen LogP contribution in [0.5, 0.6) is 0 Å². The van der Waals surface area contributed by atoms with Crippen LogP contribution in [0.2, 0.25) is 5.02 Å². The Labute approximate surface area is 183 Å². The van der Waals surface area contributed by atoms with E-state index in [1.54, 1.807) is 0 Å². The Balaban J connectivity index is 0.00000261. The zero-order chi connectivity index (χ0) is 18.5. The average Bonchev–Trinajstić information content (AvgIpc) is 2.67. The summed E-state index contributed by atoms with van der Waals surface area (Å²) in [6.07, 6.45) is 2.61. The molecule has 0 aliphatic heterocycles. The molecule has 3 rings (SSSR count). The maximum absolute atomic E-state index is 13.1. The molecule has 1 unspecified atom stereocenters. The third kappa shape index (κ3) is 5.38. The number of hydrogen-bond donors (Lipinski definition) is 1. The Bertz CT molecular complexity index is 916. The molecule has 0 amide bonds. The Morgan fingerprint density at radius 2 is 1.81 bits per heavy atom. The smallest absolute Gasteiger partial charge is 0.177 e. The summed E-state index contributed by atoms with van der Waals surface area (Å²) in [6.45, 7) is 0.646. The standard InChI is InChI=1S/C21H20BrClN2O.BrH/c22-18(6-3-4-12-24)21(26)17-13-20(14-8-10-15(23)11-9-14)25-19-7-2-1-5-16(17)19;/h1-2,5,7-11,13,18H,3-4,6,12,24H2;1H. The van der Waals surface area contributed by atoms with Crippen molar-refractivity contribution in [1.82, 2.24) is 4.98 Å². The van der Waals surface area contributed by atoms with Gasteiger partial charge in [0.05, 0.1) is 16.0 Å². The number of rotatable bonds is 7. The lowest BCUT2D eigenvalue weighted by Gasteiger charge is -2.13. The van der Waals surface area contributed by atoms with Crippen LogP contribution in [-0.2, 0) is 0 Å². The van der Waals surface area contributed by atoms with Gasteiger partial charge in [-0.3, -0.25) is 4.79 Å². The van der Waals surface area contributed by atoms with Gasteiger partial charge in [-0.25, -0.2) is 4.98 Å². The van der Waals surface area contributed by atoms with Crippen LogP contribution in [0.3, 0.4) is 0 Å². The van der Waals surface area contributed by atoms with Gasteiger partial charge in [0.1, 0.15) is 0 Å². The van der Waals surface area contributed by atoms with Crippen molar-refractivity contribution in [3.8, 4) is 11.3 Å². The Morgan fingerprint density at radius 3 is 2.52 bits per heavy atom. The summed E-state index contributed by atoms with van der Waals surface area (Å²) in [5, 5.41) is 1.55. The molecule has 3 nitrogen and oxygen atoms in total. The maximum atomic E-state index is 13.1. The zero-order valence-electron chi connectivity index (χ0n) is 14.7. The molecule has 2 aromatic carbocycles. The fourth-order valence-electron chi connectivity index (χ4n) is 2.92. The Morgan fingerprint density at radius 1 is 1.11 bits per heavy atom. The lowest BCUT2D eigenvalue weighted by atomic mass is 9.98. The van der Waals surface area contributed by atoms with Crippen LogP contribution in [-0.4, -0.2) is 22.1 Å². The second kappa shape index (κ2) is 10.3. The number of pyridine rings is 1. The van der Waals surface area contributed by atoms with Crippen molar-refractivity contribution in [3.63, 3.8) is 0 Å². The van der Waals surface area contributed by atoms with Crippen LogP contribution >= 0.6 is 44.5 Å². The molecule has 0 fully saturated rings. The quantitative estimate of drug-likeness (QED) is 0.233. The number of nitrogens with zero attached hydrogens (tertiary/aromatic N) is 1. The lowest BCUT2D eigenvalue weighted by Crippen LogP contribution is -2.15. The topological polar surface area (TPSA) is 56.0 Å². The number of nitrogens with two attached hydrogens (primary N) is 1. The fraction of sp³-hybridized carbons (Fsp3) is 0.238. The number of carbonyl (C=O) groups is 1. The molecule has 0 spiro atoms. The van der Waals surface area contributed by atoms with Crippen molar-refractivity contribution < 1.29 is 4.79 Å². The first-order chi connectivity index (χ1) is 12.6. The maximum Gasteiger partial charge on any atom is 0.177 e. The van der Waals surface area contributed by atoms with Crippen molar-refractivity contribution in [2.75, 3.05) is 6.54 Å². The highest BCUT2D eigenvalue weighted by Gasteiger charge is 2.20. The van der Waals surface area contributed by atoms with Crippen LogP contribution in [0.15, 0.2) is 54.6 Å². The van der Waals surface area contributed by atoms with Crippen molar-refractivity contribution in [2.45, 2.75) is 24.1 Å². The van der Waals surface area contributed by atoms with E-state index >= 15 is 0 Å². The number of halogens is 3. The SMILES string of the molecule is Br.NCCCCC(Br)C(=O)c1cc(-c2ccc(Cl)cc2)nc2ccccc12. The molecule has 0 saturated carbocycles. The lowest BCUT2D eigenvalue weighted by molar-refractivity contribution is 0.0989. The molecule has 6 heteroatoms. The van der Waals surface area contributed by atoms with Crippen molar-refractivity contribution in [3.05, 3.63) is 65.2 Å². The highest BCUT2D eigenvalue weighted by Crippen LogP contribution is 2.28. The second-order valence-electron chi connectivity index (χ2n) is 6.20. The number of benzene rings is 2. The van der Waals surface area contributed by atoms with Crippen molar-refractivity contribution in [2.24, 2.45) is 5.73 Å². The molecule has 0 aliphatic rings. The molecule has 1 aromatic heterocycles. The van der Waals surface area contributed by atoms with E-state index in [2.05, 4.69) is 15.9 Å². The van der Waals surface area contributed by atoms with Gasteiger partial charge in [-0.15, -0.1) is 17.0 Å². The van der Waals surface area contributed by atoms with Gasteiger partial charge in [0, 0.05) is 21.5 Å². The first-order valence-corrected chi connectivity index (χ1v) is 9.93. The first kappa shape index (κ1) is 22.0. The number of Topliss-reactive ketones (excluding diaryl/α,β-unsaturated/α-hetero) is 1. The minimum Gasteiger partial charge on any atom is -0.330 e. The van der Waals surface area contributed by atoms with Crippen LogP contribution in [0.4, 0.5) is 0 Å². The van der Waals surface area contributed by atoms with Gasteiger partial charge in [-0.1, -0.05) is 64.3 Å². The largest absolute Gasteiger partial charge is 0.330 e. The molecule has 142 valence electrons. The predicted molar refractivity (Wildman–Crippen MR) is 122 cm³/mol. The van der Waals surface area contributed by atoms with Crippen LogP contribution in [0, 0.1) is 0 Å². The zero-order valence-corrected chi connectivity index (χ0v) is 18.8. The van der Waals surface area contributed by atoms with Crippen LogP contribution in [0.1, 0.15) is 29.6 Å². The van der Waals surface area contributed by atoms with Gasteiger partial charge < -0.3 is 5.73 Å². The number of para-hydroxylation sites is 1. The van der Waals surface area contributed by atoms with Gasteiger partial charge in [0.2, 0.25) is 0 Å². The van der Waals surface area contributed by atoms with E-state index < -0.39 is 0 Å². The van der Waals surface area contributed by atoms with Gasteiger partial charge in [-0.2, -0.15) is 0 Å². The number of unbranched alkanes of at least 4 members (excludes halogenated alkanes) is 1. The monoisotopic (exact) mass is 510 g/mol. The van der Waals surface area contributed by atoms with Crippen molar-refractivity contribution in [1.29, 1.82) is 0 Å². The van der Waals surface area contributed by atoms with E-state index in [0.717, 1.165) is 41.4 Å². The third-order valence-electron chi connectivity index (χ3n) is 4.32. The minimum atomic E-state index is -0.224. The number of carbonyl (C=O) groups excluding carboxylic acids is 1. The van der Waals surface area contributed by atoms with Crippen molar-refractivity contribution >= 4 is 61.2 Å². The van der Waals surface area contributed by atoms with E-state index in [0.29, 0.717) is 17.1 Å². The molecule has 1 atom stereocenters. The highest BCUT2D eigenvalue weighted by atomic mass is 79.9. The Hall–Kier alpha value is -1.27. The summed E-state index contributed by atoms with van der Waals surface area (Å²) in [4.78, 5) is 17.6.